The Morgan fingerprint density at radius 2 is 2.04 bits per heavy atom. The summed E-state index contributed by atoms with van der Waals surface area (Å²) in [5, 5.41) is 22.5. The van der Waals surface area contributed by atoms with Gasteiger partial charge in [0, 0.05) is 18.5 Å². The van der Waals surface area contributed by atoms with Crippen molar-refractivity contribution >= 4 is 17.7 Å². The minimum atomic E-state index is -1.36. The molecule has 2 saturated heterocycles. The van der Waals surface area contributed by atoms with E-state index in [9.17, 15) is 19.5 Å². The minimum absolute atomic E-state index is 0.0670. The summed E-state index contributed by atoms with van der Waals surface area (Å²) in [6, 6.07) is -0.954. The van der Waals surface area contributed by atoms with Gasteiger partial charge in [0.1, 0.15) is 0 Å². The molecule has 0 radical (unpaired) electrons. The number of piperidine rings is 2. The largest absolute Gasteiger partial charge is 0.381 e. The fraction of sp³-hybridized carbons (Fsp3) is 0.850. The molecule has 5 N–H and O–H groups in total. The maximum absolute atomic E-state index is 12.9. The zero-order chi connectivity index (χ0) is 20.1. The highest BCUT2D eigenvalue weighted by Crippen LogP contribution is 2.62. The Balaban J connectivity index is 1.43. The Bertz CT molecular complexity index is 663. The number of carbonyl (C=O) groups excluding carboxylic acids is 3. The van der Waals surface area contributed by atoms with Gasteiger partial charge in [-0.1, -0.05) is 13.8 Å². The van der Waals surface area contributed by atoms with Gasteiger partial charge in [-0.3, -0.25) is 14.4 Å². The first-order valence-corrected chi connectivity index (χ1v) is 10.6. The van der Waals surface area contributed by atoms with Gasteiger partial charge < -0.3 is 26.4 Å². The lowest BCUT2D eigenvalue weighted by Gasteiger charge is -2.30. The second-order valence-electron chi connectivity index (χ2n) is 9.55. The molecule has 4 rings (SSSR count). The highest BCUT2D eigenvalue weighted by Gasteiger charge is 2.65. The molecule has 0 aromatic heterocycles. The van der Waals surface area contributed by atoms with Gasteiger partial charge in [0.15, 0.2) is 6.10 Å². The molecule has 8 heteroatoms. The molecule has 0 bridgehead atoms. The summed E-state index contributed by atoms with van der Waals surface area (Å²) < 4.78 is 0. The summed E-state index contributed by atoms with van der Waals surface area (Å²) in [6.07, 6.45) is 2.32. The van der Waals surface area contributed by atoms with E-state index in [0.29, 0.717) is 18.9 Å². The van der Waals surface area contributed by atoms with Crippen molar-refractivity contribution in [3.05, 3.63) is 0 Å². The van der Waals surface area contributed by atoms with Crippen LogP contribution >= 0.6 is 0 Å². The first-order chi connectivity index (χ1) is 13.3. The third-order valence-electron chi connectivity index (χ3n) is 7.18. The van der Waals surface area contributed by atoms with E-state index in [0.717, 1.165) is 25.8 Å². The molecule has 6 atom stereocenters. The van der Waals surface area contributed by atoms with E-state index in [1.807, 2.05) is 0 Å². The number of hydrogen-bond donors (Lipinski definition) is 5. The number of aliphatic hydroxyl groups is 1. The van der Waals surface area contributed by atoms with Gasteiger partial charge in [0.25, 0.3) is 5.91 Å². The van der Waals surface area contributed by atoms with Crippen molar-refractivity contribution in [1.82, 2.24) is 21.3 Å². The van der Waals surface area contributed by atoms with Gasteiger partial charge in [0.05, 0.1) is 12.1 Å². The lowest BCUT2D eigenvalue weighted by molar-refractivity contribution is -0.135. The van der Waals surface area contributed by atoms with Crippen molar-refractivity contribution in [2.24, 2.45) is 23.2 Å². The molecule has 0 aromatic rings. The normalized spacial score (nSPS) is 35.3. The number of rotatable bonds is 7. The van der Waals surface area contributed by atoms with Crippen LogP contribution in [0.4, 0.5) is 0 Å². The fourth-order valence-electron chi connectivity index (χ4n) is 5.08. The molecule has 4 aliphatic rings. The molecule has 0 spiro atoms. The van der Waals surface area contributed by atoms with Gasteiger partial charge in [-0.25, -0.2) is 0 Å². The van der Waals surface area contributed by atoms with Crippen molar-refractivity contribution in [3.8, 4) is 0 Å². The number of fused-ring (bicyclic) bond motifs is 1. The fourth-order valence-corrected chi connectivity index (χ4v) is 5.08. The summed E-state index contributed by atoms with van der Waals surface area (Å²) in [4.78, 5) is 37.5. The smallest absolute Gasteiger partial charge is 0.251 e. The monoisotopic (exact) mass is 392 g/mol. The lowest BCUT2D eigenvalue weighted by atomic mass is 9.89. The highest BCUT2D eigenvalue weighted by atomic mass is 16.3. The van der Waals surface area contributed by atoms with Crippen LogP contribution in [0.5, 0.6) is 0 Å². The number of hydrogen-bond acceptors (Lipinski definition) is 5. The standard InChI is InChI=1S/C20H32N4O4/c1-20(2)12-9-22-15(14(12)20)18(27)24-13(8-10-4-3-7-21-17(10)26)16(25)19(28)23-11-5-6-11/h10-16,22,25H,3-9H2,1-2H3,(H,21,26)(H,23,28)(H,24,27)/t10-,12-,13-,14-,15-,16?/m0/s1. The van der Waals surface area contributed by atoms with E-state index in [4.69, 9.17) is 0 Å². The van der Waals surface area contributed by atoms with Crippen LogP contribution in [0.1, 0.15) is 46.0 Å². The molecule has 4 fully saturated rings. The molecular weight excluding hydrogens is 360 g/mol. The Hall–Kier alpha value is -1.67. The number of amides is 3. The average Bonchev–Trinajstić information content (AvgIpc) is 3.48. The van der Waals surface area contributed by atoms with E-state index in [2.05, 4.69) is 35.1 Å². The van der Waals surface area contributed by atoms with Crippen molar-refractivity contribution in [2.75, 3.05) is 13.1 Å². The lowest BCUT2D eigenvalue weighted by Crippen LogP contribution is -2.56. The maximum atomic E-state index is 12.9. The zero-order valence-corrected chi connectivity index (χ0v) is 16.7. The third kappa shape index (κ3) is 3.76. The molecule has 1 unspecified atom stereocenters. The first kappa shape index (κ1) is 19.6. The predicted molar refractivity (Wildman–Crippen MR) is 102 cm³/mol. The topological polar surface area (TPSA) is 120 Å². The SMILES string of the molecule is CC1(C)[C@@H]2[C@@H](C(=O)N[C@@H](C[C@@H]3CCCNC3=O)C(O)C(=O)NC3CC3)NC[C@@H]21. The highest BCUT2D eigenvalue weighted by molar-refractivity contribution is 5.87. The van der Waals surface area contributed by atoms with Crippen LogP contribution in [0, 0.1) is 23.2 Å². The van der Waals surface area contributed by atoms with Crippen LogP contribution < -0.4 is 21.3 Å². The molecule has 156 valence electrons. The van der Waals surface area contributed by atoms with E-state index in [-0.39, 0.29) is 47.6 Å². The van der Waals surface area contributed by atoms with Crippen LogP contribution in [-0.4, -0.2) is 60.1 Å². The summed E-state index contributed by atoms with van der Waals surface area (Å²) in [5.74, 6) is -0.241. The molecule has 0 aromatic carbocycles. The van der Waals surface area contributed by atoms with Crippen molar-refractivity contribution in [2.45, 2.75) is 70.2 Å². The summed E-state index contributed by atoms with van der Waals surface area (Å²) in [5.41, 5.74) is 0.147. The average molecular weight is 393 g/mol. The van der Waals surface area contributed by atoms with E-state index in [1.165, 1.54) is 0 Å². The van der Waals surface area contributed by atoms with Gasteiger partial charge in [-0.05, 0) is 55.9 Å². The van der Waals surface area contributed by atoms with Gasteiger partial charge in [0.2, 0.25) is 11.8 Å². The molecule has 2 saturated carbocycles. The Morgan fingerprint density at radius 3 is 2.64 bits per heavy atom. The van der Waals surface area contributed by atoms with Crippen LogP contribution in [0.25, 0.3) is 0 Å². The number of nitrogens with one attached hydrogen (secondary N) is 4. The molecule has 2 aliphatic carbocycles. The van der Waals surface area contributed by atoms with Crippen LogP contribution in [0.15, 0.2) is 0 Å². The Morgan fingerprint density at radius 1 is 1.29 bits per heavy atom. The predicted octanol–water partition coefficient (Wildman–Crippen LogP) is -0.729. The molecule has 2 aliphatic heterocycles. The van der Waals surface area contributed by atoms with Gasteiger partial charge >= 0.3 is 0 Å². The molecule has 28 heavy (non-hydrogen) atoms. The van der Waals surface area contributed by atoms with Gasteiger partial charge in [-0.2, -0.15) is 0 Å². The summed E-state index contributed by atoms with van der Waals surface area (Å²) >= 11 is 0. The summed E-state index contributed by atoms with van der Waals surface area (Å²) in [7, 11) is 0. The third-order valence-corrected chi connectivity index (χ3v) is 7.18. The van der Waals surface area contributed by atoms with Crippen LogP contribution in [0.2, 0.25) is 0 Å². The zero-order valence-electron chi connectivity index (χ0n) is 16.7. The first-order valence-electron chi connectivity index (χ1n) is 10.6. The summed E-state index contributed by atoms with van der Waals surface area (Å²) in [6.45, 7) is 5.81. The van der Waals surface area contributed by atoms with E-state index >= 15 is 0 Å². The van der Waals surface area contributed by atoms with Crippen molar-refractivity contribution < 1.29 is 19.5 Å². The Kier molecular flexibility index (Phi) is 5.12. The van der Waals surface area contributed by atoms with E-state index in [1.54, 1.807) is 0 Å². The van der Waals surface area contributed by atoms with Crippen LogP contribution in [-0.2, 0) is 14.4 Å². The molecule has 3 amide bonds. The quantitative estimate of drug-likeness (QED) is 0.391. The molecule has 8 nitrogen and oxygen atoms in total. The Labute approximate surface area is 165 Å². The second-order valence-corrected chi connectivity index (χ2v) is 9.55. The number of aliphatic hydroxyl groups excluding tert-OH is 1. The molecular formula is C20H32N4O4. The maximum Gasteiger partial charge on any atom is 0.251 e. The van der Waals surface area contributed by atoms with Crippen molar-refractivity contribution in [3.63, 3.8) is 0 Å². The van der Waals surface area contributed by atoms with Crippen LogP contribution in [0.3, 0.4) is 0 Å². The van der Waals surface area contributed by atoms with E-state index < -0.39 is 18.1 Å². The minimum Gasteiger partial charge on any atom is -0.381 e. The van der Waals surface area contributed by atoms with Crippen molar-refractivity contribution in [1.29, 1.82) is 0 Å². The molecule has 2 heterocycles. The van der Waals surface area contributed by atoms with Gasteiger partial charge in [-0.15, -0.1) is 0 Å². The number of carbonyl (C=O) groups is 3. The second kappa shape index (κ2) is 7.30.